The Morgan fingerprint density at radius 2 is 1.87 bits per heavy atom. The predicted molar refractivity (Wildman–Crippen MR) is 111 cm³/mol. The van der Waals surface area contributed by atoms with E-state index in [1.165, 1.54) is 0 Å². The van der Waals surface area contributed by atoms with Gasteiger partial charge in [0.1, 0.15) is 17.5 Å². The number of nitrogens with zero attached hydrogens (tertiary/aromatic N) is 5. The van der Waals surface area contributed by atoms with Gasteiger partial charge in [0.05, 0.1) is 18.2 Å². The minimum absolute atomic E-state index is 0.286. The van der Waals surface area contributed by atoms with Crippen molar-refractivity contribution in [2.45, 2.75) is 39.5 Å². The minimum atomic E-state index is -0.567. The van der Waals surface area contributed by atoms with Gasteiger partial charge in [-0.2, -0.15) is 5.26 Å². The zero-order chi connectivity index (χ0) is 21.5. The molecule has 0 N–H and O–H groups in total. The molecule has 0 aliphatic heterocycles. The number of pyridine rings is 2. The highest BCUT2D eigenvalue weighted by Gasteiger charge is 2.25. The van der Waals surface area contributed by atoms with Crippen molar-refractivity contribution in [2.75, 3.05) is 6.61 Å². The highest BCUT2D eigenvalue weighted by atomic mass is 16.5. The van der Waals surface area contributed by atoms with E-state index in [-0.39, 0.29) is 12.6 Å². The molecule has 3 aromatic rings. The summed E-state index contributed by atoms with van der Waals surface area (Å²) >= 11 is 0. The lowest BCUT2D eigenvalue weighted by Gasteiger charge is -2.16. The predicted octanol–water partition coefficient (Wildman–Crippen LogP) is 3.70. The van der Waals surface area contributed by atoms with Crippen LogP contribution in [0, 0.1) is 25.2 Å². The Labute approximate surface area is 175 Å². The van der Waals surface area contributed by atoms with E-state index in [1.807, 2.05) is 44.2 Å². The molecule has 1 unspecified atom stereocenters. The van der Waals surface area contributed by atoms with Gasteiger partial charge in [-0.15, -0.1) is 0 Å². The van der Waals surface area contributed by atoms with Crippen LogP contribution in [-0.2, 0) is 16.0 Å². The third kappa shape index (κ3) is 5.23. The molecular formula is C23H23N5O2. The summed E-state index contributed by atoms with van der Waals surface area (Å²) in [7, 11) is 0. The summed E-state index contributed by atoms with van der Waals surface area (Å²) in [4.78, 5) is 30.7. The fourth-order valence-electron chi connectivity index (χ4n) is 3.16. The molecule has 7 nitrogen and oxygen atoms in total. The summed E-state index contributed by atoms with van der Waals surface area (Å²) in [6, 6.07) is 14.8. The van der Waals surface area contributed by atoms with Crippen LogP contribution in [-0.4, -0.2) is 32.5 Å². The van der Waals surface area contributed by atoms with Crippen LogP contribution >= 0.6 is 0 Å². The summed E-state index contributed by atoms with van der Waals surface area (Å²) < 4.78 is 5.31. The van der Waals surface area contributed by atoms with E-state index in [0.29, 0.717) is 35.7 Å². The van der Waals surface area contributed by atoms with Crippen LogP contribution in [0.15, 0.2) is 42.5 Å². The van der Waals surface area contributed by atoms with Crippen molar-refractivity contribution < 1.29 is 9.53 Å². The van der Waals surface area contributed by atoms with Gasteiger partial charge >= 0.3 is 5.97 Å². The first-order valence-electron chi connectivity index (χ1n) is 9.82. The number of hydrogen-bond acceptors (Lipinski definition) is 7. The van der Waals surface area contributed by atoms with Gasteiger partial charge < -0.3 is 4.74 Å². The van der Waals surface area contributed by atoms with E-state index in [2.05, 4.69) is 19.9 Å². The van der Waals surface area contributed by atoms with Crippen molar-refractivity contribution in [2.24, 2.45) is 0 Å². The van der Waals surface area contributed by atoms with E-state index in [1.54, 1.807) is 25.1 Å². The van der Waals surface area contributed by atoms with Gasteiger partial charge in [-0.1, -0.05) is 12.1 Å². The van der Waals surface area contributed by atoms with Crippen molar-refractivity contribution in [1.82, 2.24) is 19.9 Å². The molecule has 3 heterocycles. The quantitative estimate of drug-likeness (QED) is 0.556. The fraction of sp³-hybridized carbons (Fsp3) is 0.304. The number of carbonyl (C=O) groups is 1. The van der Waals surface area contributed by atoms with E-state index >= 15 is 0 Å². The van der Waals surface area contributed by atoms with Crippen molar-refractivity contribution in [1.29, 1.82) is 5.26 Å². The average Bonchev–Trinajstić information content (AvgIpc) is 2.74. The van der Waals surface area contributed by atoms with E-state index < -0.39 is 5.92 Å². The Morgan fingerprint density at radius 3 is 2.60 bits per heavy atom. The van der Waals surface area contributed by atoms with Gasteiger partial charge in [-0.05, 0) is 63.9 Å². The molecule has 0 radical (unpaired) electrons. The number of carbonyl (C=O) groups excluding carboxylic acids is 1. The normalized spacial score (nSPS) is 11.5. The Hall–Kier alpha value is -3.66. The summed E-state index contributed by atoms with van der Waals surface area (Å²) in [5, 5.41) is 9.05. The number of rotatable bonds is 7. The second kappa shape index (κ2) is 9.70. The van der Waals surface area contributed by atoms with Crippen molar-refractivity contribution >= 4 is 5.97 Å². The molecular weight excluding hydrogens is 378 g/mol. The van der Waals surface area contributed by atoms with Crippen LogP contribution in [0.25, 0.3) is 11.5 Å². The molecule has 7 heteroatoms. The molecule has 0 bridgehead atoms. The molecule has 152 valence electrons. The number of aromatic nitrogens is 4. The molecule has 0 spiro atoms. The maximum atomic E-state index is 12.7. The smallest absolute Gasteiger partial charge is 0.315 e. The minimum Gasteiger partial charge on any atom is -0.465 e. The van der Waals surface area contributed by atoms with Gasteiger partial charge in [-0.25, -0.2) is 19.9 Å². The molecule has 0 aliphatic rings. The third-order valence-corrected chi connectivity index (χ3v) is 4.53. The number of hydrogen-bond donors (Lipinski definition) is 0. The van der Waals surface area contributed by atoms with Crippen LogP contribution in [0.2, 0.25) is 0 Å². The van der Waals surface area contributed by atoms with Gasteiger partial charge in [0.25, 0.3) is 0 Å². The van der Waals surface area contributed by atoms with Gasteiger partial charge in [-0.3, -0.25) is 4.79 Å². The Kier molecular flexibility index (Phi) is 6.81. The molecule has 0 amide bonds. The summed E-state index contributed by atoms with van der Waals surface area (Å²) in [5.41, 5.74) is 3.96. The standard InChI is InChI=1S/C23H23N5O2/c1-4-30-23(29)19(12-11-17-8-6-9-18(14-24)27-17)21-13-16(3)26-22(28-21)20-10-5-7-15(2)25-20/h5-10,13,19H,4,11-12H2,1-3H3. The third-order valence-electron chi connectivity index (χ3n) is 4.53. The Bertz CT molecular complexity index is 1090. The number of nitriles is 1. The molecule has 0 saturated heterocycles. The average molecular weight is 401 g/mol. The Balaban J connectivity index is 1.93. The molecule has 3 rings (SSSR count). The SMILES string of the molecule is CCOC(=O)C(CCc1cccc(C#N)n1)c1cc(C)nc(-c2cccc(C)n2)n1. The second-order valence-corrected chi connectivity index (χ2v) is 6.89. The largest absolute Gasteiger partial charge is 0.465 e. The van der Waals surface area contributed by atoms with Crippen LogP contribution in [0.3, 0.4) is 0 Å². The summed E-state index contributed by atoms with van der Waals surface area (Å²) in [5.74, 6) is -0.425. The van der Waals surface area contributed by atoms with Gasteiger partial charge in [0, 0.05) is 17.1 Å². The first kappa shape index (κ1) is 21.1. The zero-order valence-corrected chi connectivity index (χ0v) is 17.3. The monoisotopic (exact) mass is 401 g/mol. The van der Waals surface area contributed by atoms with Crippen LogP contribution < -0.4 is 0 Å². The Morgan fingerprint density at radius 1 is 1.07 bits per heavy atom. The first-order valence-corrected chi connectivity index (χ1v) is 9.82. The topological polar surface area (TPSA) is 102 Å². The number of esters is 1. The van der Waals surface area contributed by atoms with Crippen molar-refractivity contribution in [3.05, 3.63) is 70.9 Å². The second-order valence-electron chi connectivity index (χ2n) is 6.89. The lowest BCUT2D eigenvalue weighted by Crippen LogP contribution is -2.19. The first-order chi connectivity index (χ1) is 14.5. The van der Waals surface area contributed by atoms with Crippen LogP contribution in [0.1, 0.15) is 47.7 Å². The molecule has 0 aliphatic carbocycles. The highest BCUT2D eigenvalue weighted by Crippen LogP contribution is 2.25. The molecule has 0 saturated carbocycles. The van der Waals surface area contributed by atoms with E-state index in [0.717, 1.165) is 17.1 Å². The molecule has 1 atom stereocenters. The lowest BCUT2D eigenvalue weighted by atomic mass is 9.97. The zero-order valence-electron chi connectivity index (χ0n) is 17.3. The van der Waals surface area contributed by atoms with Gasteiger partial charge in [0.2, 0.25) is 0 Å². The van der Waals surface area contributed by atoms with E-state index in [9.17, 15) is 4.79 Å². The van der Waals surface area contributed by atoms with Crippen molar-refractivity contribution in [3.63, 3.8) is 0 Å². The number of ether oxygens (including phenoxy) is 1. The molecule has 3 aromatic heterocycles. The lowest BCUT2D eigenvalue weighted by molar-refractivity contribution is -0.145. The van der Waals surface area contributed by atoms with Gasteiger partial charge in [0.15, 0.2) is 5.82 Å². The molecule has 30 heavy (non-hydrogen) atoms. The van der Waals surface area contributed by atoms with Crippen LogP contribution in [0.5, 0.6) is 0 Å². The fourth-order valence-corrected chi connectivity index (χ4v) is 3.16. The highest BCUT2D eigenvalue weighted by molar-refractivity contribution is 5.77. The van der Waals surface area contributed by atoms with Crippen molar-refractivity contribution in [3.8, 4) is 17.6 Å². The van der Waals surface area contributed by atoms with E-state index in [4.69, 9.17) is 10.00 Å². The molecule has 0 aromatic carbocycles. The van der Waals surface area contributed by atoms with Crippen LogP contribution in [0.4, 0.5) is 0 Å². The molecule has 0 fully saturated rings. The maximum Gasteiger partial charge on any atom is 0.315 e. The summed E-state index contributed by atoms with van der Waals surface area (Å²) in [6.07, 6.45) is 0.970. The summed E-state index contributed by atoms with van der Waals surface area (Å²) in [6.45, 7) is 5.84. The number of aryl methyl sites for hydroxylation is 3. The maximum absolute atomic E-state index is 12.7.